The number of carbonyl (C=O) groups is 1. The molecule has 0 atom stereocenters. The van der Waals surface area contributed by atoms with E-state index in [1.165, 1.54) is 12.1 Å². The number of hydrogen-bond donors (Lipinski definition) is 3. The predicted molar refractivity (Wildman–Crippen MR) is 103 cm³/mol. The van der Waals surface area contributed by atoms with Gasteiger partial charge in [-0.2, -0.15) is 0 Å². The fourth-order valence-electron chi connectivity index (χ4n) is 3.45. The van der Waals surface area contributed by atoms with Crippen molar-refractivity contribution in [2.45, 2.75) is 19.9 Å². The van der Waals surface area contributed by atoms with Gasteiger partial charge in [-0.05, 0) is 43.7 Å². The smallest absolute Gasteiger partial charge is 0.326 e. The van der Waals surface area contributed by atoms with E-state index in [0.29, 0.717) is 36.2 Å². The van der Waals surface area contributed by atoms with Crippen LogP contribution < -0.4 is 11.0 Å². The van der Waals surface area contributed by atoms with E-state index in [4.69, 9.17) is 0 Å². The van der Waals surface area contributed by atoms with Gasteiger partial charge < -0.3 is 15.3 Å². The van der Waals surface area contributed by atoms with E-state index in [1.807, 2.05) is 24.3 Å². The summed E-state index contributed by atoms with van der Waals surface area (Å²) in [6, 6.07) is 11.8. The first-order valence-electron chi connectivity index (χ1n) is 8.78. The molecule has 0 aliphatic carbocycles. The minimum atomic E-state index is -0.380. The van der Waals surface area contributed by atoms with Crippen molar-refractivity contribution in [3.05, 3.63) is 70.0 Å². The largest absolute Gasteiger partial charge is 0.358 e. The predicted octanol–water partition coefficient (Wildman–Crippen LogP) is 3.08. The van der Waals surface area contributed by atoms with Crippen molar-refractivity contribution in [1.29, 1.82) is 0 Å². The molecule has 4 rings (SSSR count). The molecule has 0 spiro atoms. The van der Waals surface area contributed by atoms with Gasteiger partial charge >= 0.3 is 5.69 Å². The van der Waals surface area contributed by atoms with Gasteiger partial charge in [-0.15, -0.1) is 0 Å². The van der Waals surface area contributed by atoms with Gasteiger partial charge in [-0.25, -0.2) is 9.18 Å². The summed E-state index contributed by atoms with van der Waals surface area (Å²) in [6.45, 7) is 2.69. The van der Waals surface area contributed by atoms with Gasteiger partial charge in [0, 0.05) is 29.7 Å². The Morgan fingerprint density at radius 3 is 2.81 bits per heavy atom. The maximum absolute atomic E-state index is 13.5. The summed E-state index contributed by atoms with van der Waals surface area (Å²) in [7, 11) is 0. The third-order valence-electron chi connectivity index (χ3n) is 4.70. The number of amides is 1. The number of imidazole rings is 1. The molecular weight excluding hydrogens is 347 g/mol. The third-order valence-corrected chi connectivity index (χ3v) is 4.70. The summed E-state index contributed by atoms with van der Waals surface area (Å²) in [5, 5.41) is 3.43. The van der Waals surface area contributed by atoms with E-state index in [0.717, 1.165) is 16.6 Å². The molecule has 7 heteroatoms. The van der Waals surface area contributed by atoms with Crippen molar-refractivity contribution in [2.24, 2.45) is 0 Å². The molecule has 4 aromatic rings. The number of carbonyl (C=O) groups excluding carboxylic acids is 1. The number of rotatable bonds is 5. The molecule has 3 N–H and O–H groups in total. The molecule has 2 aromatic carbocycles. The zero-order chi connectivity index (χ0) is 19.0. The molecule has 0 unspecified atom stereocenters. The lowest BCUT2D eigenvalue weighted by molar-refractivity contribution is 0.0954. The minimum absolute atomic E-state index is 0.162. The summed E-state index contributed by atoms with van der Waals surface area (Å²) in [5.74, 6) is -0.634. The van der Waals surface area contributed by atoms with Crippen LogP contribution in [-0.4, -0.2) is 27.0 Å². The molecule has 2 aromatic heterocycles. The normalized spacial score (nSPS) is 11.3. The van der Waals surface area contributed by atoms with Crippen molar-refractivity contribution in [3.8, 4) is 0 Å². The number of aryl methyl sites for hydroxylation is 2. The van der Waals surface area contributed by atoms with Crippen molar-refractivity contribution in [2.75, 3.05) is 6.54 Å². The Kier molecular flexibility index (Phi) is 4.27. The van der Waals surface area contributed by atoms with E-state index in [-0.39, 0.29) is 17.4 Å². The Labute approximate surface area is 154 Å². The lowest BCUT2D eigenvalue weighted by atomic mass is 10.1. The van der Waals surface area contributed by atoms with Crippen molar-refractivity contribution >= 4 is 27.8 Å². The number of aromatic amines is 2. The second-order valence-electron chi connectivity index (χ2n) is 6.52. The van der Waals surface area contributed by atoms with E-state index >= 15 is 0 Å². The Hall–Kier alpha value is -3.35. The van der Waals surface area contributed by atoms with Crippen LogP contribution in [0, 0.1) is 12.7 Å². The fourth-order valence-corrected chi connectivity index (χ4v) is 3.45. The summed E-state index contributed by atoms with van der Waals surface area (Å²) in [4.78, 5) is 30.5. The highest BCUT2D eigenvalue weighted by molar-refractivity contribution is 6.08. The molecule has 0 fully saturated rings. The molecule has 0 aliphatic rings. The van der Waals surface area contributed by atoms with Crippen LogP contribution in [0.3, 0.4) is 0 Å². The van der Waals surface area contributed by atoms with Crippen molar-refractivity contribution in [3.63, 3.8) is 0 Å². The molecular formula is C20H19FN4O2. The fraction of sp³-hybridized carbons (Fsp3) is 0.200. The number of halogens is 1. The molecule has 138 valence electrons. The van der Waals surface area contributed by atoms with E-state index in [1.54, 1.807) is 17.6 Å². The highest BCUT2D eigenvalue weighted by Crippen LogP contribution is 2.23. The van der Waals surface area contributed by atoms with Crippen LogP contribution in [0.2, 0.25) is 0 Å². The molecule has 2 heterocycles. The Balaban J connectivity index is 1.44. The molecule has 27 heavy (non-hydrogen) atoms. The topological polar surface area (TPSA) is 82.7 Å². The van der Waals surface area contributed by atoms with Crippen LogP contribution in [0.25, 0.3) is 21.9 Å². The first-order valence-corrected chi connectivity index (χ1v) is 8.78. The number of hydrogen-bond acceptors (Lipinski definition) is 2. The standard InChI is InChI=1S/C20H19FN4O2/c1-12-18(14-11-13(21)7-8-15(14)23-12)19(26)22-9-4-10-25-17-6-3-2-5-16(17)24-20(25)27/h2-3,5-8,11,23H,4,9-10H2,1H3,(H,22,26)(H,24,27). The summed E-state index contributed by atoms with van der Waals surface area (Å²) in [5.41, 5.74) is 3.35. The molecule has 0 aliphatic heterocycles. The van der Waals surface area contributed by atoms with Crippen LogP contribution in [0.15, 0.2) is 47.3 Å². The lowest BCUT2D eigenvalue weighted by Gasteiger charge is -2.07. The zero-order valence-corrected chi connectivity index (χ0v) is 14.8. The summed E-state index contributed by atoms with van der Waals surface area (Å²) in [6.07, 6.45) is 0.600. The van der Waals surface area contributed by atoms with Crippen molar-refractivity contribution in [1.82, 2.24) is 19.9 Å². The van der Waals surface area contributed by atoms with E-state index in [2.05, 4.69) is 15.3 Å². The van der Waals surface area contributed by atoms with Gasteiger partial charge in [0.05, 0.1) is 16.6 Å². The second kappa shape index (κ2) is 6.75. The number of nitrogens with zero attached hydrogens (tertiary/aromatic N) is 1. The minimum Gasteiger partial charge on any atom is -0.358 e. The highest BCUT2D eigenvalue weighted by Gasteiger charge is 2.16. The van der Waals surface area contributed by atoms with Gasteiger partial charge in [0.25, 0.3) is 5.91 Å². The average molecular weight is 366 g/mol. The van der Waals surface area contributed by atoms with Gasteiger partial charge in [0.1, 0.15) is 5.82 Å². The molecule has 0 bridgehead atoms. The lowest BCUT2D eigenvalue weighted by Crippen LogP contribution is -2.27. The second-order valence-corrected chi connectivity index (χ2v) is 6.52. The Morgan fingerprint density at radius 2 is 1.96 bits per heavy atom. The summed E-state index contributed by atoms with van der Waals surface area (Å²) >= 11 is 0. The quantitative estimate of drug-likeness (QED) is 0.474. The van der Waals surface area contributed by atoms with Gasteiger partial charge in [0.2, 0.25) is 0 Å². The third kappa shape index (κ3) is 3.12. The number of nitrogens with one attached hydrogen (secondary N) is 3. The van der Waals surface area contributed by atoms with Crippen LogP contribution in [0.1, 0.15) is 22.5 Å². The maximum atomic E-state index is 13.5. The molecule has 0 radical (unpaired) electrons. The Morgan fingerprint density at radius 1 is 1.15 bits per heavy atom. The number of para-hydroxylation sites is 2. The van der Waals surface area contributed by atoms with Crippen LogP contribution >= 0.6 is 0 Å². The van der Waals surface area contributed by atoms with Crippen LogP contribution in [0.5, 0.6) is 0 Å². The first kappa shape index (κ1) is 17.1. The monoisotopic (exact) mass is 366 g/mol. The molecule has 0 saturated heterocycles. The van der Waals surface area contributed by atoms with E-state index in [9.17, 15) is 14.0 Å². The number of aromatic nitrogens is 3. The maximum Gasteiger partial charge on any atom is 0.326 e. The highest BCUT2D eigenvalue weighted by atomic mass is 19.1. The van der Waals surface area contributed by atoms with Crippen LogP contribution in [0.4, 0.5) is 4.39 Å². The summed E-state index contributed by atoms with van der Waals surface area (Å²) < 4.78 is 15.2. The molecule has 6 nitrogen and oxygen atoms in total. The SMILES string of the molecule is Cc1[nH]c2ccc(F)cc2c1C(=O)NCCCn1c(=O)[nH]c2ccccc21. The van der Waals surface area contributed by atoms with Gasteiger partial charge in [-0.1, -0.05) is 12.1 Å². The number of H-pyrrole nitrogens is 2. The average Bonchev–Trinajstić information content (AvgIpc) is 3.14. The van der Waals surface area contributed by atoms with Gasteiger partial charge in [0.15, 0.2) is 0 Å². The number of benzene rings is 2. The zero-order valence-electron chi connectivity index (χ0n) is 14.8. The molecule has 1 amide bonds. The van der Waals surface area contributed by atoms with Crippen LogP contribution in [-0.2, 0) is 6.54 Å². The van der Waals surface area contributed by atoms with Gasteiger partial charge in [-0.3, -0.25) is 9.36 Å². The molecule has 0 saturated carbocycles. The number of fused-ring (bicyclic) bond motifs is 2. The van der Waals surface area contributed by atoms with E-state index < -0.39 is 0 Å². The Bertz CT molecular complexity index is 1200. The van der Waals surface area contributed by atoms with Crippen molar-refractivity contribution < 1.29 is 9.18 Å². The first-order chi connectivity index (χ1) is 13.0.